The summed E-state index contributed by atoms with van der Waals surface area (Å²) in [5.74, 6) is 0.897. The maximum atomic E-state index is 12.6. The van der Waals surface area contributed by atoms with E-state index in [2.05, 4.69) is 15.3 Å². The van der Waals surface area contributed by atoms with Crippen LogP contribution in [0.1, 0.15) is 24.1 Å². The number of likely N-dealkylation sites (N-methyl/N-ethyl adjacent to an activating group) is 1. The molecule has 1 unspecified atom stereocenters. The van der Waals surface area contributed by atoms with Crippen molar-refractivity contribution >= 4 is 5.91 Å². The molecule has 1 atom stereocenters. The molecule has 2 aromatic heterocycles. The molecule has 0 fully saturated rings. The van der Waals surface area contributed by atoms with E-state index in [0.717, 1.165) is 17.1 Å². The molecule has 20 heavy (non-hydrogen) atoms. The first-order valence-electron chi connectivity index (χ1n) is 6.83. The molecule has 1 amide bonds. The van der Waals surface area contributed by atoms with Gasteiger partial charge in [0.15, 0.2) is 0 Å². The number of rotatable bonds is 4. The molecular formula is C14H18N4O2. The van der Waals surface area contributed by atoms with Crippen molar-refractivity contribution < 1.29 is 9.21 Å². The molecule has 1 aliphatic rings. The molecule has 106 valence electrons. The first kappa shape index (κ1) is 12.9. The van der Waals surface area contributed by atoms with Crippen LogP contribution in [0.5, 0.6) is 0 Å². The number of carbonyl (C=O) groups is 1. The molecule has 2 N–H and O–H groups in total. The lowest BCUT2D eigenvalue weighted by Crippen LogP contribution is -2.49. The van der Waals surface area contributed by atoms with Gasteiger partial charge >= 0.3 is 0 Å². The van der Waals surface area contributed by atoms with Crippen LogP contribution in [-0.2, 0) is 24.3 Å². The second kappa shape index (κ2) is 5.50. The first-order valence-corrected chi connectivity index (χ1v) is 6.83. The van der Waals surface area contributed by atoms with Gasteiger partial charge in [0.05, 0.1) is 36.6 Å². The van der Waals surface area contributed by atoms with E-state index in [-0.39, 0.29) is 11.9 Å². The zero-order valence-electron chi connectivity index (χ0n) is 11.4. The Labute approximate surface area is 117 Å². The van der Waals surface area contributed by atoms with Gasteiger partial charge in [-0.25, -0.2) is 4.98 Å². The van der Waals surface area contributed by atoms with Gasteiger partial charge in [0.2, 0.25) is 5.91 Å². The third kappa shape index (κ3) is 2.46. The maximum absolute atomic E-state index is 12.6. The van der Waals surface area contributed by atoms with E-state index in [1.165, 1.54) is 0 Å². The topological polar surface area (TPSA) is 74.2 Å². The highest BCUT2D eigenvalue weighted by Gasteiger charge is 2.29. The van der Waals surface area contributed by atoms with Gasteiger partial charge in [-0.1, -0.05) is 0 Å². The van der Waals surface area contributed by atoms with Gasteiger partial charge in [0.25, 0.3) is 0 Å². The van der Waals surface area contributed by atoms with Crippen LogP contribution in [0, 0.1) is 0 Å². The summed E-state index contributed by atoms with van der Waals surface area (Å²) in [6, 6.07) is 3.51. The van der Waals surface area contributed by atoms with Crippen LogP contribution in [0.4, 0.5) is 0 Å². The number of nitrogens with one attached hydrogen (secondary N) is 2. The summed E-state index contributed by atoms with van der Waals surface area (Å²) in [4.78, 5) is 21.7. The summed E-state index contributed by atoms with van der Waals surface area (Å²) in [6.45, 7) is 3.80. The SMILES string of the molecule is CCN(Cc1ccco1)C(=O)C1Cc2nc[nH]c2CN1. The largest absolute Gasteiger partial charge is 0.467 e. The van der Waals surface area contributed by atoms with E-state index in [9.17, 15) is 4.79 Å². The number of hydrogen-bond acceptors (Lipinski definition) is 4. The fourth-order valence-corrected chi connectivity index (χ4v) is 2.50. The molecule has 2 aromatic rings. The number of nitrogens with zero attached hydrogens (tertiary/aromatic N) is 2. The third-order valence-corrected chi connectivity index (χ3v) is 3.65. The van der Waals surface area contributed by atoms with Crippen LogP contribution in [-0.4, -0.2) is 33.4 Å². The number of furan rings is 1. The predicted octanol–water partition coefficient (Wildman–Crippen LogP) is 1.07. The first-order chi connectivity index (χ1) is 9.78. The summed E-state index contributed by atoms with van der Waals surface area (Å²) in [5.41, 5.74) is 2.05. The molecule has 3 rings (SSSR count). The Kier molecular flexibility index (Phi) is 3.56. The lowest BCUT2D eigenvalue weighted by Gasteiger charge is -2.28. The zero-order chi connectivity index (χ0) is 13.9. The van der Waals surface area contributed by atoms with Crippen molar-refractivity contribution in [2.45, 2.75) is 32.5 Å². The number of hydrogen-bond donors (Lipinski definition) is 2. The van der Waals surface area contributed by atoms with Gasteiger partial charge in [0.1, 0.15) is 5.76 Å². The second-order valence-corrected chi connectivity index (χ2v) is 4.90. The van der Waals surface area contributed by atoms with E-state index in [1.54, 1.807) is 17.5 Å². The number of amides is 1. The molecule has 0 saturated carbocycles. The minimum Gasteiger partial charge on any atom is -0.467 e. The van der Waals surface area contributed by atoms with Gasteiger partial charge in [-0.05, 0) is 19.1 Å². The Bertz CT molecular complexity index is 572. The molecule has 0 aromatic carbocycles. The van der Waals surface area contributed by atoms with Crippen molar-refractivity contribution in [3.05, 3.63) is 41.9 Å². The Morgan fingerprint density at radius 1 is 1.60 bits per heavy atom. The highest BCUT2D eigenvalue weighted by molar-refractivity contribution is 5.82. The van der Waals surface area contributed by atoms with E-state index in [4.69, 9.17) is 4.42 Å². The normalized spacial score (nSPS) is 17.8. The van der Waals surface area contributed by atoms with Crippen molar-refractivity contribution in [3.8, 4) is 0 Å². The van der Waals surface area contributed by atoms with E-state index >= 15 is 0 Å². The van der Waals surface area contributed by atoms with Gasteiger partial charge < -0.3 is 14.3 Å². The average Bonchev–Trinajstić information content (AvgIpc) is 3.14. The van der Waals surface area contributed by atoms with Crippen molar-refractivity contribution in [1.29, 1.82) is 0 Å². The molecule has 6 heteroatoms. The van der Waals surface area contributed by atoms with Crippen LogP contribution in [0.3, 0.4) is 0 Å². The molecule has 0 bridgehead atoms. The van der Waals surface area contributed by atoms with E-state index in [1.807, 2.05) is 19.1 Å². The van der Waals surface area contributed by atoms with Crippen molar-refractivity contribution in [2.75, 3.05) is 6.54 Å². The molecule has 6 nitrogen and oxygen atoms in total. The van der Waals surface area contributed by atoms with Crippen molar-refractivity contribution in [2.24, 2.45) is 0 Å². The summed E-state index contributed by atoms with van der Waals surface area (Å²) < 4.78 is 5.32. The van der Waals surface area contributed by atoms with Crippen molar-refractivity contribution in [3.63, 3.8) is 0 Å². The molecule has 0 spiro atoms. The van der Waals surface area contributed by atoms with Crippen LogP contribution in [0.15, 0.2) is 29.1 Å². The lowest BCUT2D eigenvalue weighted by molar-refractivity contribution is -0.134. The highest BCUT2D eigenvalue weighted by Crippen LogP contribution is 2.15. The number of aromatic nitrogens is 2. The minimum absolute atomic E-state index is 0.0950. The van der Waals surface area contributed by atoms with E-state index < -0.39 is 0 Å². The predicted molar refractivity (Wildman–Crippen MR) is 72.7 cm³/mol. The van der Waals surface area contributed by atoms with Crippen LogP contribution in [0.25, 0.3) is 0 Å². The number of imidazole rings is 1. The lowest BCUT2D eigenvalue weighted by atomic mass is 10.0. The maximum Gasteiger partial charge on any atom is 0.240 e. The highest BCUT2D eigenvalue weighted by atomic mass is 16.3. The molecule has 0 aliphatic carbocycles. The number of H-pyrrole nitrogens is 1. The quantitative estimate of drug-likeness (QED) is 0.874. The number of aromatic amines is 1. The monoisotopic (exact) mass is 274 g/mol. The minimum atomic E-state index is -0.208. The Hall–Kier alpha value is -2.08. The summed E-state index contributed by atoms with van der Waals surface area (Å²) >= 11 is 0. The van der Waals surface area contributed by atoms with Crippen LogP contribution in [0.2, 0.25) is 0 Å². The van der Waals surface area contributed by atoms with Gasteiger partial charge in [-0.15, -0.1) is 0 Å². The fraction of sp³-hybridized carbons (Fsp3) is 0.429. The van der Waals surface area contributed by atoms with Crippen LogP contribution < -0.4 is 5.32 Å². The molecule has 0 saturated heterocycles. The number of carbonyl (C=O) groups excluding carboxylic acids is 1. The standard InChI is InChI=1S/C14H18N4O2/c1-2-18(8-10-4-3-5-20-10)14(19)12-6-11-13(7-15-12)17-9-16-11/h3-5,9,12,15H,2,6-8H2,1H3,(H,16,17). The Morgan fingerprint density at radius 2 is 2.50 bits per heavy atom. The van der Waals surface area contributed by atoms with Gasteiger partial charge in [-0.3, -0.25) is 10.1 Å². The molecule has 3 heterocycles. The van der Waals surface area contributed by atoms with Gasteiger partial charge in [0, 0.05) is 19.5 Å². The summed E-state index contributed by atoms with van der Waals surface area (Å²) in [5, 5.41) is 3.26. The van der Waals surface area contributed by atoms with Crippen LogP contribution >= 0.6 is 0 Å². The average molecular weight is 274 g/mol. The van der Waals surface area contributed by atoms with Gasteiger partial charge in [-0.2, -0.15) is 0 Å². The Morgan fingerprint density at radius 3 is 3.25 bits per heavy atom. The zero-order valence-corrected chi connectivity index (χ0v) is 11.4. The number of fused-ring (bicyclic) bond motifs is 1. The molecule has 1 aliphatic heterocycles. The Balaban J connectivity index is 1.68. The third-order valence-electron chi connectivity index (χ3n) is 3.65. The van der Waals surface area contributed by atoms with Crippen molar-refractivity contribution in [1.82, 2.24) is 20.2 Å². The smallest absolute Gasteiger partial charge is 0.240 e. The van der Waals surface area contributed by atoms with E-state index in [0.29, 0.717) is 26.1 Å². The summed E-state index contributed by atoms with van der Waals surface area (Å²) in [7, 11) is 0. The summed E-state index contributed by atoms with van der Waals surface area (Å²) in [6.07, 6.45) is 3.94. The fourth-order valence-electron chi connectivity index (χ4n) is 2.50. The molecule has 0 radical (unpaired) electrons. The second-order valence-electron chi connectivity index (χ2n) is 4.90. The molecular weight excluding hydrogens is 256 g/mol.